The topological polar surface area (TPSA) is 59.3 Å². The van der Waals surface area contributed by atoms with Crippen LogP contribution in [0.5, 0.6) is 0 Å². The number of benzene rings is 2. The lowest BCUT2D eigenvalue weighted by Gasteiger charge is -2.13. The summed E-state index contributed by atoms with van der Waals surface area (Å²) < 4.78 is 42.8. The molecule has 0 saturated heterocycles. The Morgan fingerprint density at radius 1 is 1.04 bits per heavy atom. The van der Waals surface area contributed by atoms with E-state index in [1.807, 2.05) is 0 Å². The van der Waals surface area contributed by atoms with Crippen molar-refractivity contribution in [2.75, 3.05) is 5.32 Å². The maximum Gasteiger partial charge on any atom is 0.471 e. The fourth-order valence-corrected chi connectivity index (χ4v) is 2.47. The quantitative estimate of drug-likeness (QED) is 0.673. The van der Waals surface area contributed by atoms with Gasteiger partial charge in [0, 0.05) is 16.0 Å². The van der Waals surface area contributed by atoms with Gasteiger partial charge in [-0.15, -0.1) is 0 Å². The smallest absolute Gasteiger partial charge is 0.422 e. The zero-order valence-corrected chi connectivity index (χ0v) is 13.1. The summed E-state index contributed by atoms with van der Waals surface area (Å²) in [4.78, 5) is 23.5. The first kappa shape index (κ1) is 17.0. The van der Waals surface area contributed by atoms with Crippen LogP contribution in [-0.4, -0.2) is 12.1 Å². The van der Waals surface area contributed by atoms with Crippen molar-refractivity contribution in [1.82, 2.24) is 0 Å². The number of rotatable bonds is 2. The van der Waals surface area contributed by atoms with Crippen LogP contribution in [-0.2, 0) is 4.79 Å². The van der Waals surface area contributed by atoms with E-state index in [4.69, 9.17) is 16.0 Å². The number of carbonyl (C=O) groups excluding carboxylic acids is 1. The lowest BCUT2D eigenvalue weighted by molar-refractivity contribution is -0.167. The number of fused-ring (bicyclic) bond motifs is 1. The highest BCUT2D eigenvalue weighted by Crippen LogP contribution is 2.31. The predicted molar refractivity (Wildman–Crippen MR) is 87.6 cm³/mol. The molecular formula is C17H9ClF3NO3. The maximum absolute atomic E-state index is 12.5. The second-order valence-corrected chi connectivity index (χ2v) is 5.56. The number of halogens is 4. The average molecular weight is 368 g/mol. The molecule has 1 amide bonds. The summed E-state index contributed by atoms with van der Waals surface area (Å²) in [6.07, 6.45) is -5.08. The van der Waals surface area contributed by atoms with Gasteiger partial charge < -0.3 is 9.73 Å². The van der Waals surface area contributed by atoms with Crippen LogP contribution in [0.1, 0.15) is 0 Å². The Balaban J connectivity index is 2.16. The van der Waals surface area contributed by atoms with Gasteiger partial charge in [0.05, 0.1) is 11.3 Å². The van der Waals surface area contributed by atoms with Gasteiger partial charge >= 0.3 is 17.7 Å². The minimum Gasteiger partial charge on any atom is -0.422 e. The van der Waals surface area contributed by atoms with Gasteiger partial charge in [-0.1, -0.05) is 35.9 Å². The summed E-state index contributed by atoms with van der Waals surface area (Å²) in [6, 6.07) is 12.0. The Bertz CT molecular complexity index is 1030. The van der Waals surface area contributed by atoms with Crippen LogP contribution in [0, 0.1) is 0 Å². The van der Waals surface area contributed by atoms with Gasteiger partial charge in [-0.2, -0.15) is 13.2 Å². The van der Waals surface area contributed by atoms with Crippen molar-refractivity contribution in [3.8, 4) is 11.1 Å². The first-order valence-corrected chi connectivity index (χ1v) is 7.34. The Kier molecular flexibility index (Phi) is 4.26. The highest BCUT2D eigenvalue weighted by molar-refractivity contribution is 6.31. The number of hydrogen-bond donors (Lipinski definition) is 1. The lowest BCUT2D eigenvalue weighted by atomic mass is 10.0. The predicted octanol–water partition coefficient (Wildman–Crippen LogP) is 4.61. The fraction of sp³-hybridized carbons (Fsp3) is 0.0588. The van der Waals surface area contributed by atoms with Crippen LogP contribution < -0.4 is 10.9 Å². The minimum absolute atomic E-state index is 0.00726. The zero-order valence-electron chi connectivity index (χ0n) is 12.4. The van der Waals surface area contributed by atoms with Crippen LogP contribution in [0.25, 0.3) is 22.1 Å². The van der Waals surface area contributed by atoms with Gasteiger partial charge in [0.15, 0.2) is 0 Å². The Morgan fingerprint density at radius 2 is 1.76 bits per heavy atom. The van der Waals surface area contributed by atoms with Crippen molar-refractivity contribution < 1.29 is 22.4 Å². The lowest BCUT2D eigenvalue weighted by Crippen LogP contribution is -2.30. The number of amides is 1. The summed E-state index contributed by atoms with van der Waals surface area (Å²) >= 11 is 5.80. The Labute approximate surface area is 143 Å². The van der Waals surface area contributed by atoms with Crippen molar-refractivity contribution in [2.45, 2.75) is 6.18 Å². The van der Waals surface area contributed by atoms with Gasteiger partial charge in [-0.3, -0.25) is 4.79 Å². The van der Waals surface area contributed by atoms with E-state index >= 15 is 0 Å². The minimum atomic E-state index is -5.08. The monoisotopic (exact) mass is 367 g/mol. The van der Waals surface area contributed by atoms with Crippen molar-refractivity contribution in [3.63, 3.8) is 0 Å². The molecule has 25 heavy (non-hydrogen) atoms. The van der Waals surface area contributed by atoms with E-state index in [9.17, 15) is 22.8 Å². The van der Waals surface area contributed by atoms with E-state index in [0.717, 1.165) is 6.07 Å². The van der Waals surface area contributed by atoms with E-state index in [0.29, 0.717) is 11.0 Å². The third kappa shape index (κ3) is 3.51. The maximum atomic E-state index is 12.5. The van der Waals surface area contributed by atoms with Crippen molar-refractivity contribution in [2.24, 2.45) is 0 Å². The van der Waals surface area contributed by atoms with Gasteiger partial charge in [0.25, 0.3) is 0 Å². The normalized spacial score (nSPS) is 11.5. The molecule has 2 aromatic carbocycles. The third-order valence-electron chi connectivity index (χ3n) is 3.42. The van der Waals surface area contributed by atoms with Crippen LogP contribution in [0.15, 0.2) is 57.7 Å². The molecule has 0 aliphatic rings. The molecule has 3 rings (SSSR count). The Morgan fingerprint density at radius 3 is 2.48 bits per heavy atom. The molecule has 0 aliphatic heterocycles. The summed E-state index contributed by atoms with van der Waals surface area (Å²) in [7, 11) is 0. The summed E-state index contributed by atoms with van der Waals surface area (Å²) in [6.45, 7) is 0. The van der Waals surface area contributed by atoms with E-state index in [1.54, 1.807) is 29.6 Å². The fourth-order valence-electron chi connectivity index (χ4n) is 2.30. The number of carbonyl (C=O) groups is 1. The van der Waals surface area contributed by atoms with Crippen molar-refractivity contribution in [1.29, 1.82) is 0 Å². The molecule has 8 heteroatoms. The number of anilines is 1. The second kappa shape index (κ2) is 6.25. The molecule has 0 atom stereocenters. The summed E-state index contributed by atoms with van der Waals surface area (Å²) in [5.41, 5.74) is -0.568. The van der Waals surface area contributed by atoms with Crippen molar-refractivity contribution >= 4 is 34.2 Å². The molecule has 1 aromatic heterocycles. The van der Waals surface area contributed by atoms with Gasteiger partial charge in [0.2, 0.25) is 0 Å². The number of hydrogen-bond acceptors (Lipinski definition) is 3. The van der Waals surface area contributed by atoms with E-state index in [1.165, 1.54) is 18.2 Å². The van der Waals surface area contributed by atoms with Gasteiger partial charge in [0.1, 0.15) is 5.58 Å². The first-order chi connectivity index (χ1) is 11.8. The molecule has 0 aliphatic carbocycles. The number of para-hydroxylation sites is 1. The van der Waals surface area contributed by atoms with Crippen molar-refractivity contribution in [3.05, 3.63) is 64.0 Å². The van der Waals surface area contributed by atoms with E-state index < -0.39 is 17.7 Å². The molecule has 0 saturated carbocycles. The number of alkyl halides is 3. The van der Waals surface area contributed by atoms with Gasteiger partial charge in [-0.25, -0.2) is 4.79 Å². The molecule has 0 fully saturated rings. The largest absolute Gasteiger partial charge is 0.471 e. The third-order valence-corrected chi connectivity index (χ3v) is 3.65. The van der Waals surface area contributed by atoms with Crippen LogP contribution >= 0.6 is 11.6 Å². The molecule has 0 unspecified atom stereocenters. The van der Waals surface area contributed by atoms with Gasteiger partial charge in [-0.05, 0) is 24.3 Å². The summed E-state index contributed by atoms with van der Waals surface area (Å²) in [5, 5.41) is 2.42. The zero-order chi connectivity index (χ0) is 18.2. The Hall–Kier alpha value is -2.80. The SMILES string of the molecule is O=C(Nc1cc(Cl)ccc1-c1cc2ccccc2oc1=O)C(F)(F)F. The summed E-state index contributed by atoms with van der Waals surface area (Å²) in [5.74, 6) is -2.17. The highest BCUT2D eigenvalue weighted by atomic mass is 35.5. The number of nitrogens with one attached hydrogen (secondary N) is 1. The standard InChI is InChI=1S/C17H9ClF3NO3/c18-10-5-6-11(13(8-10)22-16(24)17(19,20)21)12-7-9-3-1-2-4-14(9)25-15(12)23/h1-8H,(H,22,24). The van der Waals surface area contributed by atoms with Crippen LogP contribution in [0.2, 0.25) is 5.02 Å². The van der Waals surface area contributed by atoms with Crippen LogP contribution in [0.3, 0.4) is 0 Å². The second-order valence-electron chi connectivity index (χ2n) is 5.13. The molecule has 1 heterocycles. The van der Waals surface area contributed by atoms with E-state index in [-0.39, 0.29) is 21.8 Å². The molecule has 1 N–H and O–H groups in total. The molecular weight excluding hydrogens is 359 g/mol. The molecule has 0 bridgehead atoms. The molecule has 128 valence electrons. The molecule has 4 nitrogen and oxygen atoms in total. The average Bonchev–Trinajstić information content (AvgIpc) is 2.54. The molecule has 0 radical (unpaired) electrons. The molecule has 0 spiro atoms. The van der Waals surface area contributed by atoms with Crippen LogP contribution in [0.4, 0.5) is 18.9 Å². The highest BCUT2D eigenvalue weighted by Gasteiger charge is 2.39. The van der Waals surface area contributed by atoms with E-state index in [2.05, 4.69) is 0 Å². The first-order valence-electron chi connectivity index (χ1n) is 6.97. The molecule has 3 aromatic rings.